The average molecular weight is 468 g/mol. The van der Waals surface area contributed by atoms with Gasteiger partial charge in [0.1, 0.15) is 17.6 Å². The van der Waals surface area contributed by atoms with Crippen LogP contribution in [0.4, 0.5) is 5.82 Å². The van der Waals surface area contributed by atoms with Gasteiger partial charge in [0, 0.05) is 42.2 Å². The molecule has 1 atom stereocenters. The van der Waals surface area contributed by atoms with E-state index in [9.17, 15) is 5.11 Å². The highest BCUT2D eigenvalue weighted by Gasteiger charge is 2.28. The molecular formula is C24H29N5O3S. The van der Waals surface area contributed by atoms with Crippen molar-refractivity contribution in [1.82, 2.24) is 19.5 Å². The number of hydrogen-bond donors (Lipinski definition) is 2. The first-order valence-corrected chi connectivity index (χ1v) is 12.0. The number of aromatic nitrogens is 3. The maximum absolute atomic E-state index is 10.1. The Kier molecular flexibility index (Phi) is 5.96. The van der Waals surface area contributed by atoms with Crippen molar-refractivity contribution in [2.24, 2.45) is 0 Å². The number of thiophene rings is 1. The van der Waals surface area contributed by atoms with Crippen molar-refractivity contribution in [2.75, 3.05) is 32.5 Å². The molecule has 8 nitrogen and oxygen atoms in total. The fourth-order valence-corrected chi connectivity index (χ4v) is 5.92. The monoisotopic (exact) mass is 467 g/mol. The third-order valence-corrected chi connectivity index (χ3v) is 7.41. The van der Waals surface area contributed by atoms with Crippen LogP contribution < -0.4 is 10.5 Å². The predicted molar refractivity (Wildman–Crippen MR) is 131 cm³/mol. The smallest absolute Gasteiger partial charge is 0.152 e. The predicted octanol–water partition coefficient (Wildman–Crippen LogP) is 3.61. The van der Waals surface area contributed by atoms with Gasteiger partial charge in [-0.25, -0.2) is 9.50 Å². The number of aliphatic hydroxyl groups excluding tert-OH is 1. The molecule has 0 saturated carbocycles. The summed E-state index contributed by atoms with van der Waals surface area (Å²) in [6, 6.07) is 6.42. The average Bonchev–Trinajstić information content (AvgIpc) is 3.48. The van der Waals surface area contributed by atoms with Crippen LogP contribution in [-0.4, -0.2) is 57.5 Å². The second kappa shape index (κ2) is 8.90. The first kappa shape index (κ1) is 22.1. The molecule has 5 rings (SSSR count). The second-order valence-corrected chi connectivity index (χ2v) is 9.57. The van der Waals surface area contributed by atoms with Crippen LogP contribution >= 0.6 is 11.3 Å². The van der Waals surface area contributed by atoms with Crippen LogP contribution in [0.5, 0.6) is 5.75 Å². The quantitative estimate of drug-likeness (QED) is 0.428. The van der Waals surface area contributed by atoms with Crippen LogP contribution in [0.1, 0.15) is 30.2 Å². The van der Waals surface area contributed by atoms with Crippen LogP contribution in [-0.2, 0) is 17.9 Å². The number of likely N-dealkylation sites (tertiary alicyclic amines) is 1. The summed E-state index contributed by atoms with van der Waals surface area (Å²) in [4.78, 5) is 7.64. The third kappa shape index (κ3) is 3.95. The molecule has 0 spiro atoms. The second-order valence-electron chi connectivity index (χ2n) is 8.52. The maximum Gasteiger partial charge on any atom is 0.152 e. The number of nitrogens with two attached hydrogens (primary N) is 1. The van der Waals surface area contributed by atoms with Crippen molar-refractivity contribution in [2.45, 2.75) is 39.5 Å². The van der Waals surface area contributed by atoms with Gasteiger partial charge in [-0.05, 0) is 43.4 Å². The number of aryl methyl sites for hydroxylation is 1. The van der Waals surface area contributed by atoms with Gasteiger partial charge in [0.15, 0.2) is 5.82 Å². The van der Waals surface area contributed by atoms with E-state index >= 15 is 0 Å². The lowest BCUT2D eigenvalue weighted by atomic mass is 10.1. The normalized spacial score (nSPS) is 16.9. The largest absolute Gasteiger partial charge is 0.495 e. The number of ether oxygens (including phenoxy) is 2. The van der Waals surface area contributed by atoms with E-state index in [2.05, 4.69) is 40.1 Å². The molecule has 3 aromatic heterocycles. The van der Waals surface area contributed by atoms with Gasteiger partial charge in [-0.15, -0.1) is 11.3 Å². The van der Waals surface area contributed by atoms with E-state index in [1.165, 1.54) is 6.33 Å². The number of fused-ring (bicyclic) bond motifs is 2. The van der Waals surface area contributed by atoms with Crippen molar-refractivity contribution in [3.63, 3.8) is 0 Å². The van der Waals surface area contributed by atoms with Gasteiger partial charge < -0.3 is 20.3 Å². The number of aliphatic hydroxyl groups is 1. The van der Waals surface area contributed by atoms with Crippen LogP contribution in [0.25, 0.3) is 26.0 Å². The Balaban J connectivity index is 1.75. The molecule has 4 heterocycles. The van der Waals surface area contributed by atoms with Gasteiger partial charge in [-0.3, -0.25) is 4.90 Å². The van der Waals surface area contributed by atoms with Gasteiger partial charge in [0.25, 0.3) is 0 Å². The first-order valence-electron chi connectivity index (χ1n) is 11.2. The number of hydrogen-bond acceptors (Lipinski definition) is 8. The number of benzene rings is 1. The fraction of sp³-hybridized carbons (Fsp3) is 0.417. The summed E-state index contributed by atoms with van der Waals surface area (Å²) in [6.45, 7) is 7.27. The number of nitrogen functional groups attached to an aromatic ring is 1. The standard InChI is InChI=1S/C24H29N5O3S/c1-4-32-12-17-18(11-28-6-5-16(30)10-28)29-22(24(25)26-13-27-29)21(17)20-9-15-7-14(2)8-19(31-3)23(15)33-20/h7-9,13,16,30H,4-6,10-12H2,1-3H3,(H2,25,26,27). The molecule has 3 N–H and O–H groups in total. The molecule has 0 aliphatic carbocycles. The van der Waals surface area contributed by atoms with Crippen molar-refractivity contribution >= 4 is 32.8 Å². The Labute approximate surface area is 196 Å². The molecule has 0 bridgehead atoms. The topological polar surface area (TPSA) is 98.1 Å². The van der Waals surface area contributed by atoms with Crippen LogP contribution in [0, 0.1) is 6.92 Å². The number of rotatable bonds is 7. The minimum atomic E-state index is -0.288. The summed E-state index contributed by atoms with van der Waals surface area (Å²) in [5, 5.41) is 15.8. The van der Waals surface area contributed by atoms with Gasteiger partial charge in [-0.2, -0.15) is 5.10 Å². The van der Waals surface area contributed by atoms with Crippen molar-refractivity contribution in [3.05, 3.63) is 41.3 Å². The highest BCUT2D eigenvalue weighted by molar-refractivity contribution is 7.22. The molecule has 0 radical (unpaired) electrons. The lowest BCUT2D eigenvalue weighted by Gasteiger charge is -2.16. The van der Waals surface area contributed by atoms with E-state index in [4.69, 9.17) is 15.2 Å². The summed E-state index contributed by atoms with van der Waals surface area (Å²) < 4.78 is 14.6. The highest BCUT2D eigenvalue weighted by atomic mass is 32.1. The summed E-state index contributed by atoms with van der Waals surface area (Å²) in [5.74, 6) is 1.30. The molecular weight excluding hydrogens is 438 g/mol. The van der Waals surface area contributed by atoms with Crippen LogP contribution in [0.15, 0.2) is 24.5 Å². The van der Waals surface area contributed by atoms with Crippen molar-refractivity contribution in [1.29, 1.82) is 0 Å². The van der Waals surface area contributed by atoms with Gasteiger partial charge >= 0.3 is 0 Å². The number of nitrogens with zero attached hydrogens (tertiary/aromatic N) is 4. The van der Waals surface area contributed by atoms with Crippen molar-refractivity contribution in [3.8, 4) is 16.2 Å². The zero-order valence-electron chi connectivity index (χ0n) is 19.2. The van der Waals surface area contributed by atoms with E-state index < -0.39 is 0 Å². The molecule has 4 aromatic rings. The molecule has 0 amide bonds. The minimum absolute atomic E-state index is 0.288. The Hall–Kier alpha value is -2.72. The third-order valence-electron chi connectivity index (χ3n) is 6.23. The fourth-order valence-electron chi connectivity index (χ4n) is 4.71. The van der Waals surface area contributed by atoms with Gasteiger partial charge in [0.05, 0.1) is 30.2 Å². The first-order chi connectivity index (χ1) is 16.0. The highest BCUT2D eigenvalue weighted by Crippen LogP contribution is 2.44. The van der Waals surface area contributed by atoms with E-state index in [1.54, 1.807) is 18.4 Å². The summed E-state index contributed by atoms with van der Waals surface area (Å²) >= 11 is 1.68. The number of anilines is 1. The number of β-amino-alcohol motifs (C(OH)–C–C–N with tert-alkyl or cyclic N) is 1. The molecule has 1 aliphatic heterocycles. The lowest BCUT2D eigenvalue weighted by molar-refractivity contribution is 0.132. The summed E-state index contributed by atoms with van der Waals surface area (Å²) in [5.41, 5.74) is 11.5. The zero-order valence-corrected chi connectivity index (χ0v) is 20.0. The Morgan fingerprint density at radius 2 is 2.15 bits per heavy atom. The van der Waals surface area contributed by atoms with Gasteiger partial charge in [-0.1, -0.05) is 6.07 Å². The SMILES string of the molecule is CCOCc1c(-c2cc3cc(C)cc(OC)c3s2)c2c(N)ncnn2c1CN1CCC(O)C1. The minimum Gasteiger partial charge on any atom is -0.495 e. The molecule has 9 heteroatoms. The Morgan fingerprint density at radius 1 is 1.30 bits per heavy atom. The molecule has 1 saturated heterocycles. The van der Waals surface area contributed by atoms with E-state index in [-0.39, 0.29) is 6.10 Å². The van der Waals surface area contributed by atoms with Crippen LogP contribution in [0.3, 0.4) is 0 Å². The summed E-state index contributed by atoms with van der Waals surface area (Å²) in [6.07, 6.45) is 1.99. The Bertz CT molecular complexity index is 1310. The molecule has 33 heavy (non-hydrogen) atoms. The van der Waals surface area contributed by atoms with E-state index in [1.807, 2.05) is 11.4 Å². The Morgan fingerprint density at radius 3 is 2.88 bits per heavy atom. The summed E-state index contributed by atoms with van der Waals surface area (Å²) in [7, 11) is 1.70. The van der Waals surface area contributed by atoms with Crippen LogP contribution in [0.2, 0.25) is 0 Å². The molecule has 174 valence electrons. The zero-order chi connectivity index (χ0) is 23.1. The lowest BCUT2D eigenvalue weighted by Crippen LogP contribution is -2.23. The molecule has 1 aliphatic rings. The van der Waals surface area contributed by atoms with E-state index in [0.29, 0.717) is 32.1 Å². The van der Waals surface area contributed by atoms with Crippen molar-refractivity contribution < 1.29 is 14.6 Å². The molecule has 1 fully saturated rings. The maximum atomic E-state index is 10.1. The molecule has 1 unspecified atom stereocenters. The number of methoxy groups -OCH3 is 1. The van der Waals surface area contributed by atoms with Gasteiger partial charge in [0.2, 0.25) is 0 Å². The van der Waals surface area contributed by atoms with E-state index in [0.717, 1.165) is 61.6 Å². The molecule has 1 aromatic carbocycles.